The van der Waals surface area contributed by atoms with E-state index in [4.69, 9.17) is 4.74 Å². The zero-order chi connectivity index (χ0) is 19.5. The van der Waals surface area contributed by atoms with Gasteiger partial charge in [-0.2, -0.15) is 5.10 Å². The number of halogens is 1. The van der Waals surface area contributed by atoms with Crippen LogP contribution in [0.1, 0.15) is 32.3 Å². The molecular weight excluding hydrogens is 469 g/mol. The topological polar surface area (TPSA) is 83.7 Å². The van der Waals surface area contributed by atoms with Gasteiger partial charge in [0.2, 0.25) is 0 Å². The number of nitrogens with one attached hydrogen (secondary N) is 2. The fourth-order valence-electron chi connectivity index (χ4n) is 2.51. The first-order valence-corrected chi connectivity index (χ1v) is 9.43. The first-order chi connectivity index (χ1) is 13.0. The monoisotopic (exact) mass is 501 g/mol. The lowest BCUT2D eigenvalue weighted by Gasteiger charge is -2.20. The molecule has 156 valence electrons. The Hall–Kier alpha value is -1.81. The van der Waals surface area contributed by atoms with Gasteiger partial charge in [-0.15, -0.1) is 24.0 Å². The SMILES string of the molecule is CCNC(=NCC(C)(O)c1cnn(C)c1)NCCCCOc1ccccc1.I. The van der Waals surface area contributed by atoms with Crippen molar-refractivity contribution in [3.05, 3.63) is 48.3 Å². The van der Waals surface area contributed by atoms with Crippen LogP contribution in [0.25, 0.3) is 0 Å². The molecule has 0 aliphatic heterocycles. The number of aliphatic imine (C=N–C) groups is 1. The van der Waals surface area contributed by atoms with Gasteiger partial charge in [-0.05, 0) is 38.8 Å². The van der Waals surface area contributed by atoms with Crippen LogP contribution in [-0.4, -0.2) is 47.1 Å². The van der Waals surface area contributed by atoms with Gasteiger partial charge < -0.3 is 20.5 Å². The number of nitrogens with zero attached hydrogens (tertiary/aromatic N) is 3. The third-order valence-corrected chi connectivity index (χ3v) is 4.09. The lowest BCUT2D eigenvalue weighted by atomic mass is 10.0. The Kier molecular flexibility index (Phi) is 10.9. The van der Waals surface area contributed by atoms with Crippen LogP contribution in [-0.2, 0) is 12.6 Å². The molecule has 0 bridgehead atoms. The van der Waals surface area contributed by atoms with Gasteiger partial charge in [0.05, 0.1) is 19.3 Å². The molecule has 1 unspecified atom stereocenters. The van der Waals surface area contributed by atoms with Gasteiger partial charge in [0.15, 0.2) is 5.96 Å². The number of guanidine groups is 1. The number of aryl methyl sites for hydroxylation is 1. The number of aliphatic hydroxyl groups is 1. The van der Waals surface area contributed by atoms with E-state index in [1.54, 1.807) is 17.8 Å². The van der Waals surface area contributed by atoms with E-state index in [0.29, 0.717) is 12.6 Å². The number of hydrogen-bond acceptors (Lipinski definition) is 4. The van der Waals surface area contributed by atoms with E-state index in [1.165, 1.54) is 0 Å². The number of benzene rings is 1. The van der Waals surface area contributed by atoms with Crippen LogP contribution in [0.5, 0.6) is 5.75 Å². The summed E-state index contributed by atoms with van der Waals surface area (Å²) in [5.74, 6) is 1.60. The molecule has 0 spiro atoms. The van der Waals surface area contributed by atoms with Gasteiger partial charge in [-0.25, -0.2) is 4.99 Å². The molecule has 1 atom stereocenters. The molecule has 2 aromatic rings. The molecule has 0 saturated heterocycles. The highest BCUT2D eigenvalue weighted by Gasteiger charge is 2.24. The average Bonchev–Trinajstić information content (AvgIpc) is 3.11. The lowest BCUT2D eigenvalue weighted by Crippen LogP contribution is -2.39. The van der Waals surface area contributed by atoms with Crippen molar-refractivity contribution in [3.8, 4) is 5.75 Å². The smallest absolute Gasteiger partial charge is 0.191 e. The Labute approximate surface area is 184 Å². The van der Waals surface area contributed by atoms with E-state index >= 15 is 0 Å². The zero-order valence-electron chi connectivity index (χ0n) is 16.9. The molecule has 7 nitrogen and oxygen atoms in total. The molecule has 0 aliphatic rings. The molecule has 0 saturated carbocycles. The standard InChI is InChI=1S/C20H31N5O2.HI/c1-4-21-19(23-16-20(2,26)17-14-24-25(3)15-17)22-12-8-9-13-27-18-10-6-5-7-11-18;/h5-7,10-11,14-15,26H,4,8-9,12-13,16H2,1-3H3,(H2,21,22,23);1H. The number of rotatable bonds is 10. The van der Waals surface area contributed by atoms with Gasteiger partial charge in [0.25, 0.3) is 0 Å². The van der Waals surface area contributed by atoms with Gasteiger partial charge in [0, 0.05) is 31.9 Å². The van der Waals surface area contributed by atoms with Crippen LogP contribution in [0.15, 0.2) is 47.7 Å². The number of para-hydroxylation sites is 1. The average molecular weight is 501 g/mol. The minimum absolute atomic E-state index is 0. The maximum Gasteiger partial charge on any atom is 0.191 e. The fraction of sp³-hybridized carbons (Fsp3) is 0.500. The third kappa shape index (κ3) is 8.47. The normalized spacial score (nSPS) is 13.4. The Morgan fingerprint density at radius 1 is 1.25 bits per heavy atom. The van der Waals surface area contributed by atoms with Crippen LogP contribution < -0.4 is 15.4 Å². The van der Waals surface area contributed by atoms with Crippen LogP contribution >= 0.6 is 24.0 Å². The molecule has 1 aromatic carbocycles. The second-order valence-electron chi connectivity index (χ2n) is 6.67. The molecule has 1 aromatic heterocycles. The summed E-state index contributed by atoms with van der Waals surface area (Å²) >= 11 is 0. The Morgan fingerprint density at radius 2 is 2.00 bits per heavy atom. The van der Waals surface area contributed by atoms with E-state index in [0.717, 1.165) is 37.2 Å². The van der Waals surface area contributed by atoms with Crippen molar-refractivity contribution in [1.29, 1.82) is 0 Å². The first kappa shape index (κ1) is 24.2. The van der Waals surface area contributed by atoms with Crippen LogP contribution in [0, 0.1) is 0 Å². The van der Waals surface area contributed by atoms with E-state index in [1.807, 2.05) is 50.5 Å². The molecular formula is C20H32IN5O2. The third-order valence-electron chi connectivity index (χ3n) is 4.09. The van der Waals surface area contributed by atoms with Crippen molar-refractivity contribution in [3.63, 3.8) is 0 Å². The summed E-state index contributed by atoms with van der Waals surface area (Å²) in [6.07, 6.45) is 5.40. The van der Waals surface area contributed by atoms with Crippen LogP contribution in [0.3, 0.4) is 0 Å². The van der Waals surface area contributed by atoms with Gasteiger partial charge in [0.1, 0.15) is 11.4 Å². The van der Waals surface area contributed by atoms with E-state index in [2.05, 4.69) is 20.7 Å². The molecule has 0 radical (unpaired) electrons. The Balaban J connectivity index is 0.00000392. The van der Waals surface area contributed by atoms with Crippen LogP contribution in [0.4, 0.5) is 0 Å². The molecule has 0 fully saturated rings. The molecule has 3 N–H and O–H groups in total. The molecule has 0 aliphatic carbocycles. The summed E-state index contributed by atoms with van der Waals surface area (Å²) in [5.41, 5.74) is -0.303. The maximum atomic E-state index is 10.6. The molecule has 1 heterocycles. The highest BCUT2D eigenvalue weighted by atomic mass is 127. The summed E-state index contributed by atoms with van der Waals surface area (Å²) in [6, 6.07) is 9.83. The number of aromatic nitrogens is 2. The first-order valence-electron chi connectivity index (χ1n) is 9.43. The minimum Gasteiger partial charge on any atom is -0.494 e. The summed E-state index contributed by atoms with van der Waals surface area (Å²) < 4.78 is 7.36. The summed E-state index contributed by atoms with van der Waals surface area (Å²) in [5, 5.41) is 21.2. The van der Waals surface area contributed by atoms with Crippen molar-refractivity contribution < 1.29 is 9.84 Å². The van der Waals surface area contributed by atoms with E-state index < -0.39 is 5.60 Å². The van der Waals surface area contributed by atoms with Gasteiger partial charge in [-0.1, -0.05) is 18.2 Å². The highest BCUT2D eigenvalue weighted by Crippen LogP contribution is 2.19. The number of ether oxygens (including phenoxy) is 1. The number of unbranched alkanes of at least 4 members (excludes halogenated alkanes) is 1. The largest absolute Gasteiger partial charge is 0.494 e. The Bertz CT molecular complexity index is 704. The zero-order valence-corrected chi connectivity index (χ0v) is 19.2. The summed E-state index contributed by atoms with van der Waals surface area (Å²) in [7, 11) is 1.83. The fourth-order valence-corrected chi connectivity index (χ4v) is 2.51. The van der Waals surface area contributed by atoms with Gasteiger partial charge in [-0.3, -0.25) is 4.68 Å². The predicted molar refractivity (Wildman–Crippen MR) is 123 cm³/mol. The van der Waals surface area contributed by atoms with Gasteiger partial charge >= 0.3 is 0 Å². The van der Waals surface area contributed by atoms with Crippen molar-refractivity contribution in [1.82, 2.24) is 20.4 Å². The quantitative estimate of drug-likeness (QED) is 0.202. The summed E-state index contributed by atoms with van der Waals surface area (Å²) in [4.78, 5) is 4.51. The van der Waals surface area contributed by atoms with E-state index in [-0.39, 0.29) is 30.5 Å². The van der Waals surface area contributed by atoms with Crippen molar-refractivity contribution in [2.24, 2.45) is 12.0 Å². The second kappa shape index (κ2) is 12.6. The van der Waals surface area contributed by atoms with E-state index in [9.17, 15) is 5.11 Å². The Morgan fingerprint density at radius 3 is 2.64 bits per heavy atom. The van der Waals surface area contributed by atoms with Crippen molar-refractivity contribution in [2.45, 2.75) is 32.3 Å². The van der Waals surface area contributed by atoms with Crippen molar-refractivity contribution in [2.75, 3.05) is 26.2 Å². The number of hydrogen-bond donors (Lipinski definition) is 3. The summed E-state index contributed by atoms with van der Waals surface area (Å²) in [6.45, 7) is 6.26. The maximum absolute atomic E-state index is 10.6. The predicted octanol–water partition coefficient (Wildman–Crippen LogP) is 2.66. The molecule has 8 heteroatoms. The second-order valence-corrected chi connectivity index (χ2v) is 6.67. The van der Waals surface area contributed by atoms with Crippen LogP contribution in [0.2, 0.25) is 0 Å². The molecule has 0 amide bonds. The molecule has 28 heavy (non-hydrogen) atoms. The lowest BCUT2D eigenvalue weighted by molar-refractivity contribution is 0.0672. The van der Waals surface area contributed by atoms with Crippen molar-refractivity contribution >= 4 is 29.9 Å². The highest BCUT2D eigenvalue weighted by molar-refractivity contribution is 14.0. The molecule has 2 rings (SSSR count). The minimum atomic E-state index is -1.06.